The molecule has 2 rings (SSSR count). The summed E-state index contributed by atoms with van der Waals surface area (Å²) >= 11 is 0. The maximum absolute atomic E-state index is 12.0. The van der Waals surface area contributed by atoms with Crippen LogP contribution in [0.3, 0.4) is 0 Å². The first kappa shape index (κ1) is 15.3. The van der Waals surface area contributed by atoms with Gasteiger partial charge in [0, 0.05) is 13.8 Å². The minimum Gasteiger partial charge on any atom is -0.419 e. The molecule has 1 aliphatic heterocycles. The fourth-order valence-corrected chi connectivity index (χ4v) is 2.39. The number of esters is 2. The lowest BCUT2D eigenvalue weighted by molar-refractivity contribution is -0.222. The highest BCUT2D eigenvalue weighted by molar-refractivity contribution is 6.19. The molecule has 4 heteroatoms. The lowest BCUT2D eigenvalue weighted by Crippen LogP contribution is -2.41. The first-order chi connectivity index (χ1) is 9.62. The SMILES string of the molecule is Cc1cc(C)c(C)c(C=C2C(=O)OC(C)(C)OC2=O)c1C. The summed E-state index contributed by atoms with van der Waals surface area (Å²) < 4.78 is 10.2. The van der Waals surface area contributed by atoms with E-state index in [0.717, 1.165) is 27.8 Å². The van der Waals surface area contributed by atoms with E-state index in [1.165, 1.54) is 13.8 Å². The zero-order chi connectivity index (χ0) is 15.9. The number of hydrogen-bond acceptors (Lipinski definition) is 4. The van der Waals surface area contributed by atoms with Crippen LogP contribution in [-0.4, -0.2) is 17.7 Å². The first-order valence-electron chi connectivity index (χ1n) is 6.88. The molecule has 1 aromatic carbocycles. The molecule has 0 bridgehead atoms. The Balaban J connectivity index is 2.55. The topological polar surface area (TPSA) is 52.6 Å². The van der Waals surface area contributed by atoms with E-state index >= 15 is 0 Å². The van der Waals surface area contributed by atoms with Gasteiger partial charge in [-0.05, 0) is 61.6 Å². The molecule has 0 spiro atoms. The molecular weight excluding hydrogens is 268 g/mol. The van der Waals surface area contributed by atoms with Crippen molar-refractivity contribution in [2.45, 2.75) is 47.3 Å². The van der Waals surface area contributed by atoms with E-state index in [1.807, 2.05) is 27.7 Å². The van der Waals surface area contributed by atoms with Gasteiger partial charge in [0.25, 0.3) is 5.79 Å². The zero-order valence-corrected chi connectivity index (χ0v) is 13.3. The smallest absolute Gasteiger partial charge is 0.348 e. The summed E-state index contributed by atoms with van der Waals surface area (Å²) in [5.41, 5.74) is 5.11. The van der Waals surface area contributed by atoms with Crippen molar-refractivity contribution in [2.75, 3.05) is 0 Å². The molecule has 0 unspecified atom stereocenters. The maximum atomic E-state index is 12.0. The number of cyclic esters (lactones) is 2. The van der Waals surface area contributed by atoms with Gasteiger partial charge < -0.3 is 9.47 Å². The molecule has 0 radical (unpaired) electrons. The molecule has 1 aliphatic rings. The van der Waals surface area contributed by atoms with Gasteiger partial charge in [0.2, 0.25) is 0 Å². The number of rotatable bonds is 1. The van der Waals surface area contributed by atoms with E-state index in [-0.39, 0.29) is 5.57 Å². The van der Waals surface area contributed by atoms with Crippen molar-refractivity contribution in [1.82, 2.24) is 0 Å². The van der Waals surface area contributed by atoms with Crippen LogP contribution in [0.5, 0.6) is 0 Å². The van der Waals surface area contributed by atoms with Gasteiger partial charge >= 0.3 is 11.9 Å². The Hall–Kier alpha value is -2.10. The molecule has 0 saturated carbocycles. The number of aryl methyl sites for hydroxylation is 2. The van der Waals surface area contributed by atoms with Gasteiger partial charge in [0.05, 0.1) is 0 Å². The Morgan fingerprint density at radius 3 is 1.76 bits per heavy atom. The van der Waals surface area contributed by atoms with Gasteiger partial charge in [0.15, 0.2) is 0 Å². The van der Waals surface area contributed by atoms with Crippen LogP contribution in [0.1, 0.15) is 41.7 Å². The first-order valence-corrected chi connectivity index (χ1v) is 6.88. The van der Waals surface area contributed by atoms with Crippen molar-refractivity contribution in [3.63, 3.8) is 0 Å². The second-order valence-electron chi connectivity index (χ2n) is 5.91. The van der Waals surface area contributed by atoms with E-state index in [2.05, 4.69) is 6.07 Å². The fraction of sp³-hybridized carbons (Fsp3) is 0.412. The molecule has 1 fully saturated rings. The molecule has 1 saturated heterocycles. The monoisotopic (exact) mass is 288 g/mol. The summed E-state index contributed by atoms with van der Waals surface area (Å²) in [7, 11) is 0. The normalized spacial score (nSPS) is 17.3. The van der Waals surface area contributed by atoms with E-state index in [1.54, 1.807) is 6.08 Å². The van der Waals surface area contributed by atoms with Crippen LogP contribution >= 0.6 is 0 Å². The predicted molar refractivity (Wildman–Crippen MR) is 79.6 cm³/mol. The van der Waals surface area contributed by atoms with Gasteiger partial charge in [-0.1, -0.05) is 6.07 Å². The minimum absolute atomic E-state index is 0.0643. The highest BCUT2D eigenvalue weighted by Gasteiger charge is 2.39. The molecule has 1 aromatic rings. The lowest BCUT2D eigenvalue weighted by Gasteiger charge is -2.30. The highest BCUT2D eigenvalue weighted by Crippen LogP contribution is 2.28. The van der Waals surface area contributed by atoms with Gasteiger partial charge in [-0.25, -0.2) is 9.59 Å². The van der Waals surface area contributed by atoms with Crippen LogP contribution in [0.15, 0.2) is 11.6 Å². The largest absolute Gasteiger partial charge is 0.419 e. The van der Waals surface area contributed by atoms with Gasteiger partial charge in [0.1, 0.15) is 5.57 Å². The summed E-state index contributed by atoms with van der Waals surface area (Å²) in [5.74, 6) is -2.50. The van der Waals surface area contributed by atoms with Crippen LogP contribution < -0.4 is 0 Å². The van der Waals surface area contributed by atoms with Crippen molar-refractivity contribution in [3.8, 4) is 0 Å². The molecule has 0 amide bonds. The Kier molecular flexibility index (Phi) is 3.66. The molecule has 0 atom stereocenters. The average molecular weight is 288 g/mol. The molecule has 1 heterocycles. The lowest BCUT2D eigenvalue weighted by atomic mass is 9.93. The summed E-state index contributed by atoms with van der Waals surface area (Å²) in [4.78, 5) is 24.1. The van der Waals surface area contributed by atoms with Crippen LogP contribution in [0, 0.1) is 27.7 Å². The third kappa shape index (κ3) is 2.84. The van der Waals surface area contributed by atoms with Crippen molar-refractivity contribution in [1.29, 1.82) is 0 Å². The summed E-state index contributed by atoms with van der Waals surface area (Å²) in [6.07, 6.45) is 1.57. The molecular formula is C17H20O4. The fourth-order valence-electron chi connectivity index (χ4n) is 2.39. The van der Waals surface area contributed by atoms with Crippen LogP contribution in [0.4, 0.5) is 0 Å². The molecule has 0 aromatic heterocycles. The molecule has 112 valence electrons. The minimum atomic E-state index is -1.21. The van der Waals surface area contributed by atoms with Gasteiger partial charge in [-0.15, -0.1) is 0 Å². The molecule has 0 aliphatic carbocycles. The number of carbonyl (C=O) groups is 2. The molecule has 4 nitrogen and oxygen atoms in total. The number of benzene rings is 1. The predicted octanol–water partition coefficient (Wildman–Crippen LogP) is 3.14. The quantitative estimate of drug-likeness (QED) is 0.452. The van der Waals surface area contributed by atoms with Crippen LogP contribution in [0.2, 0.25) is 0 Å². The number of hydrogen-bond donors (Lipinski definition) is 0. The van der Waals surface area contributed by atoms with Crippen LogP contribution in [-0.2, 0) is 19.1 Å². The average Bonchev–Trinajstić information content (AvgIpc) is 2.33. The number of carbonyl (C=O) groups excluding carboxylic acids is 2. The van der Waals surface area contributed by atoms with E-state index < -0.39 is 17.7 Å². The Bertz CT molecular complexity index is 618. The summed E-state index contributed by atoms with van der Waals surface area (Å²) in [5, 5.41) is 0. The third-order valence-corrected chi connectivity index (χ3v) is 3.83. The second-order valence-corrected chi connectivity index (χ2v) is 5.91. The highest BCUT2D eigenvalue weighted by atomic mass is 16.7. The van der Waals surface area contributed by atoms with E-state index in [9.17, 15) is 9.59 Å². The zero-order valence-electron chi connectivity index (χ0n) is 13.3. The molecule has 0 N–H and O–H groups in total. The van der Waals surface area contributed by atoms with Crippen molar-refractivity contribution >= 4 is 18.0 Å². The van der Waals surface area contributed by atoms with Crippen molar-refractivity contribution in [2.24, 2.45) is 0 Å². The van der Waals surface area contributed by atoms with Crippen LogP contribution in [0.25, 0.3) is 6.08 Å². The number of ether oxygens (including phenoxy) is 2. The Morgan fingerprint density at radius 1 is 0.905 bits per heavy atom. The standard InChI is InChI=1S/C17H20O4/c1-9-7-10(2)12(4)13(11(9)3)8-14-15(18)20-17(5,6)21-16(14)19/h7-8H,1-6H3. The second kappa shape index (κ2) is 5.02. The maximum Gasteiger partial charge on any atom is 0.348 e. The van der Waals surface area contributed by atoms with Crippen molar-refractivity contribution in [3.05, 3.63) is 39.5 Å². The van der Waals surface area contributed by atoms with Crippen molar-refractivity contribution < 1.29 is 19.1 Å². The third-order valence-electron chi connectivity index (χ3n) is 3.83. The molecule has 21 heavy (non-hydrogen) atoms. The summed E-state index contributed by atoms with van der Waals surface area (Å²) in [6.45, 7) is 11.0. The Labute approximate surface area is 124 Å². The Morgan fingerprint density at radius 2 is 1.33 bits per heavy atom. The summed E-state index contributed by atoms with van der Waals surface area (Å²) in [6, 6.07) is 2.09. The van der Waals surface area contributed by atoms with E-state index in [0.29, 0.717) is 0 Å². The van der Waals surface area contributed by atoms with Gasteiger partial charge in [-0.2, -0.15) is 0 Å². The van der Waals surface area contributed by atoms with Gasteiger partial charge in [-0.3, -0.25) is 0 Å². The van der Waals surface area contributed by atoms with E-state index in [4.69, 9.17) is 9.47 Å².